The predicted molar refractivity (Wildman–Crippen MR) is 96.3 cm³/mol. The average molecular weight is 384 g/mol. The molecule has 1 N–H and O–H groups in total. The van der Waals surface area contributed by atoms with Gasteiger partial charge in [-0.15, -0.1) is 0 Å². The first-order valence-electron chi connectivity index (χ1n) is 6.99. The molecule has 1 aromatic heterocycles. The quantitative estimate of drug-likeness (QED) is 0.634. The zero-order valence-electron chi connectivity index (χ0n) is 13.7. The molecule has 0 spiro atoms. The Balaban J connectivity index is 2.27. The summed E-state index contributed by atoms with van der Waals surface area (Å²) >= 11 is 12.2. The Labute approximate surface area is 153 Å². The molecule has 0 atom stereocenters. The normalized spacial score (nSPS) is 10.8. The number of hydrazone groups is 1. The summed E-state index contributed by atoms with van der Waals surface area (Å²) in [7, 11) is 4.41. The first-order chi connectivity index (χ1) is 11.9. The van der Waals surface area contributed by atoms with Crippen molar-refractivity contribution in [3.8, 4) is 11.5 Å². The molecule has 0 unspecified atom stereocenters. The SMILES string of the molecule is COc1c(Cl)cc(/C=N\NC(=O)c2cccn(C)c2=O)c(OC)c1Cl. The highest BCUT2D eigenvalue weighted by atomic mass is 35.5. The number of methoxy groups -OCH3 is 2. The molecule has 0 saturated heterocycles. The number of aromatic nitrogens is 1. The standard InChI is InChI=1S/C16H15Cl2N3O4/c1-21-6-4-5-10(16(21)23)15(22)20-19-8-9-7-11(17)14(25-3)12(18)13(9)24-2/h4-8H,1-3H3,(H,20,22)/b19-8-. The van der Waals surface area contributed by atoms with Gasteiger partial charge < -0.3 is 14.0 Å². The Hall–Kier alpha value is -2.51. The number of halogens is 2. The molecule has 132 valence electrons. The molecular formula is C16H15Cl2N3O4. The molecule has 1 aromatic carbocycles. The number of hydrogen-bond acceptors (Lipinski definition) is 5. The Morgan fingerprint density at radius 1 is 1.28 bits per heavy atom. The van der Waals surface area contributed by atoms with Crippen LogP contribution in [-0.4, -0.2) is 30.9 Å². The number of benzene rings is 1. The molecule has 1 heterocycles. The van der Waals surface area contributed by atoms with Crippen molar-refractivity contribution in [2.75, 3.05) is 14.2 Å². The highest BCUT2D eigenvalue weighted by Gasteiger charge is 2.16. The highest BCUT2D eigenvalue weighted by Crippen LogP contribution is 2.41. The third kappa shape index (κ3) is 3.94. The predicted octanol–water partition coefficient (Wildman–Crippen LogP) is 2.47. The lowest BCUT2D eigenvalue weighted by atomic mass is 10.2. The van der Waals surface area contributed by atoms with E-state index in [-0.39, 0.29) is 27.1 Å². The van der Waals surface area contributed by atoms with Crippen LogP contribution in [0.1, 0.15) is 15.9 Å². The summed E-state index contributed by atoms with van der Waals surface area (Å²) in [5, 5.41) is 4.27. The summed E-state index contributed by atoms with van der Waals surface area (Å²) in [4.78, 5) is 23.9. The van der Waals surface area contributed by atoms with E-state index < -0.39 is 11.5 Å². The fourth-order valence-corrected chi connectivity index (χ4v) is 2.79. The zero-order chi connectivity index (χ0) is 18.6. The van der Waals surface area contributed by atoms with Crippen molar-refractivity contribution in [1.82, 2.24) is 9.99 Å². The van der Waals surface area contributed by atoms with Crippen molar-refractivity contribution < 1.29 is 14.3 Å². The van der Waals surface area contributed by atoms with Crippen LogP contribution in [0.2, 0.25) is 10.0 Å². The van der Waals surface area contributed by atoms with Gasteiger partial charge in [0.25, 0.3) is 11.5 Å². The Bertz CT molecular complexity index is 894. The molecule has 2 rings (SSSR count). The van der Waals surface area contributed by atoms with Crippen molar-refractivity contribution in [2.45, 2.75) is 0 Å². The number of nitrogens with zero attached hydrogens (tertiary/aromatic N) is 2. The van der Waals surface area contributed by atoms with Crippen LogP contribution in [0.15, 0.2) is 34.3 Å². The van der Waals surface area contributed by atoms with E-state index in [1.165, 1.54) is 37.1 Å². The van der Waals surface area contributed by atoms with E-state index >= 15 is 0 Å². The molecule has 0 radical (unpaired) electrons. The number of rotatable bonds is 5. The van der Waals surface area contributed by atoms with E-state index in [0.29, 0.717) is 5.56 Å². The Kier molecular flexibility index (Phi) is 6.06. The summed E-state index contributed by atoms with van der Waals surface area (Å²) in [6, 6.07) is 4.53. The fraction of sp³-hybridized carbons (Fsp3) is 0.188. The van der Waals surface area contributed by atoms with Gasteiger partial charge in [-0.05, 0) is 18.2 Å². The number of nitrogens with one attached hydrogen (secondary N) is 1. The second-order valence-electron chi connectivity index (χ2n) is 4.87. The molecule has 0 saturated carbocycles. The van der Waals surface area contributed by atoms with E-state index in [9.17, 15) is 9.59 Å². The number of carbonyl (C=O) groups excluding carboxylic acids is 1. The van der Waals surface area contributed by atoms with Crippen LogP contribution >= 0.6 is 23.2 Å². The minimum atomic E-state index is -0.637. The summed E-state index contributed by atoms with van der Waals surface area (Å²) < 4.78 is 11.6. The number of pyridine rings is 1. The van der Waals surface area contributed by atoms with Gasteiger partial charge in [-0.3, -0.25) is 9.59 Å². The molecule has 0 fully saturated rings. The van der Waals surface area contributed by atoms with Gasteiger partial charge in [-0.25, -0.2) is 5.43 Å². The Morgan fingerprint density at radius 2 is 1.96 bits per heavy atom. The van der Waals surface area contributed by atoms with Gasteiger partial charge in [0.2, 0.25) is 0 Å². The van der Waals surface area contributed by atoms with Gasteiger partial charge in [0, 0.05) is 18.8 Å². The second-order valence-corrected chi connectivity index (χ2v) is 5.65. The lowest BCUT2D eigenvalue weighted by Crippen LogP contribution is -2.29. The van der Waals surface area contributed by atoms with Crippen molar-refractivity contribution in [3.05, 3.63) is 55.9 Å². The topological polar surface area (TPSA) is 81.9 Å². The molecule has 25 heavy (non-hydrogen) atoms. The smallest absolute Gasteiger partial charge is 0.276 e. The number of hydrogen-bond donors (Lipinski definition) is 1. The van der Waals surface area contributed by atoms with Crippen molar-refractivity contribution >= 4 is 35.3 Å². The maximum absolute atomic E-state index is 12.1. The number of aryl methyl sites for hydroxylation is 1. The van der Waals surface area contributed by atoms with Gasteiger partial charge in [0.15, 0.2) is 5.75 Å². The molecule has 0 aliphatic rings. The fourth-order valence-electron chi connectivity index (χ4n) is 2.08. The van der Waals surface area contributed by atoms with E-state index in [4.69, 9.17) is 32.7 Å². The summed E-state index contributed by atoms with van der Waals surface area (Å²) in [5.74, 6) is -0.0761. The van der Waals surface area contributed by atoms with E-state index in [2.05, 4.69) is 10.5 Å². The third-order valence-electron chi connectivity index (χ3n) is 3.31. The van der Waals surface area contributed by atoms with E-state index in [1.807, 2.05) is 0 Å². The monoisotopic (exact) mass is 383 g/mol. The molecule has 9 heteroatoms. The molecule has 7 nitrogen and oxygen atoms in total. The van der Waals surface area contributed by atoms with Crippen molar-refractivity contribution in [2.24, 2.45) is 12.1 Å². The van der Waals surface area contributed by atoms with Gasteiger partial charge in [0.1, 0.15) is 16.3 Å². The largest absolute Gasteiger partial charge is 0.494 e. The van der Waals surface area contributed by atoms with Crippen molar-refractivity contribution in [1.29, 1.82) is 0 Å². The second kappa shape index (κ2) is 8.04. The van der Waals surface area contributed by atoms with Crippen LogP contribution in [-0.2, 0) is 7.05 Å². The zero-order valence-corrected chi connectivity index (χ0v) is 15.2. The number of carbonyl (C=O) groups is 1. The molecular weight excluding hydrogens is 369 g/mol. The molecule has 0 aliphatic heterocycles. The van der Waals surface area contributed by atoms with Crippen LogP contribution in [0.3, 0.4) is 0 Å². The average Bonchev–Trinajstić information content (AvgIpc) is 2.57. The van der Waals surface area contributed by atoms with Gasteiger partial charge >= 0.3 is 0 Å². The van der Waals surface area contributed by atoms with Crippen LogP contribution in [0.5, 0.6) is 11.5 Å². The summed E-state index contributed by atoms with van der Waals surface area (Å²) in [5.41, 5.74) is 2.25. The lowest BCUT2D eigenvalue weighted by Gasteiger charge is -2.12. The maximum atomic E-state index is 12.1. The van der Waals surface area contributed by atoms with E-state index in [1.54, 1.807) is 19.3 Å². The van der Waals surface area contributed by atoms with E-state index in [0.717, 1.165) is 0 Å². The number of amides is 1. The maximum Gasteiger partial charge on any atom is 0.276 e. The molecule has 1 amide bonds. The van der Waals surface area contributed by atoms with Crippen LogP contribution in [0, 0.1) is 0 Å². The first kappa shape index (κ1) is 18.8. The highest BCUT2D eigenvalue weighted by molar-refractivity contribution is 6.38. The van der Waals surface area contributed by atoms with Crippen LogP contribution in [0.4, 0.5) is 0 Å². The minimum absolute atomic E-state index is 0.0279. The van der Waals surface area contributed by atoms with Crippen LogP contribution in [0.25, 0.3) is 0 Å². The molecule has 0 aliphatic carbocycles. The summed E-state index contributed by atoms with van der Waals surface area (Å²) in [6.45, 7) is 0. The van der Waals surface area contributed by atoms with Gasteiger partial charge in [-0.2, -0.15) is 5.10 Å². The minimum Gasteiger partial charge on any atom is -0.494 e. The molecule has 2 aromatic rings. The van der Waals surface area contributed by atoms with Gasteiger partial charge in [-0.1, -0.05) is 23.2 Å². The molecule has 0 bridgehead atoms. The third-order valence-corrected chi connectivity index (χ3v) is 3.93. The van der Waals surface area contributed by atoms with Gasteiger partial charge in [0.05, 0.1) is 25.5 Å². The number of ether oxygens (including phenoxy) is 2. The lowest BCUT2D eigenvalue weighted by molar-refractivity contribution is 0.0953. The Morgan fingerprint density at radius 3 is 2.60 bits per heavy atom. The first-order valence-corrected chi connectivity index (χ1v) is 7.75. The van der Waals surface area contributed by atoms with Crippen molar-refractivity contribution in [3.63, 3.8) is 0 Å². The summed E-state index contributed by atoms with van der Waals surface area (Å²) in [6.07, 6.45) is 2.86. The van der Waals surface area contributed by atoms with Crippen LogP contribution < -0.4 is 20.5 Å².